The highest BCUT2D eigenvalue weighted by molar-refractivity contribution is 7.91. The second kappa shape index (κ2) is 7.90. The molecule has 0 spiro atoms. The predicted octanol–water partition coefficient (Wildman–Crippen LogP) is 2.07. The Kier molecular flexibility index (Phi) is 6.07. The van der Waals surface area contributed by atoms with Crippen molar-refractivity contribution in [3.63, 3.8) is 0 Å². The fourth-order valence-electron chi connectivity index (χ4n) is 2.26. The maximum atomic E-state index is 12.5. The summed E-state index contributed by atoms with van der Waals surface area (Å²) in [6.07, 6.45) is 1.50. The molecule has 1 heterocycles. The van der Waals surface area contributed by atoms with Gasteiger partial charge in [-0.15, -0.1) is 11.3 Å². The zero-order chi connectivity index (χ0) is 20.7. The summed E-state index contributed by atoms with van der Waals surface area (Å²) < 4.78 is 49.9. The molecule has 1 aliphatic rings. The number of primary sulfonamides is 1. The van der Waals surface area contributed by atoms with Crippen LogP contribution in [0.2, 0.25) is 10.0 Å². The van der Waals surface area contributed by atoms with Crippen molar-refractivity contribution in [3.05, 3.63) is 44.8 Å². The highest BCUT2D eigenvalue weighted by Gasteiger charge is 2.30. The van der Waals surface area contributed by atoms with Crippen molar-refractivity contribution < 1.29 is 21.6 Å². The first-order valence-electron chi connectivity index (χ1n) is 7.88. The van der Waals surface area contributed by atoms with Gasteiger partial charge in [0.05, 0.1) is 22.2 Å². The first kappa shape index (κ1) is 21.5. The zero-order valence-corrected chi connectivity index (χ0v) is 18.1. The maximum Gasteiger partial charge on any atom is 0.253 e. The Morgan fingerprint density at radius 3 is 2.39 bits per heavy atom. The van der Waals surface area contributed by atoms with Gasteiger partial charge < -0.3 is 5.32 Å². The van der Waals surface area contributed by atoms with Crippen LogP contribution >= 0.6 is 34.5 Å². The quantitative estimate of drug-likeness (QED) is 0.553. The van der Waals surface area contributed by atoms with Crippen LogP contribution in [0, 0.1) is 0 Å². The monoisotopic (exact) mass is 483 g/mol. The van der Waals surface area contributed by atoms with Gasteiger partial charge in [0.15, 0.2) is 0 Å². The lowest BCUT2D eigenvalue weighted by Gasteiger charge is -2.11. The summed E-state index contributed by atoms with van der Waals surface area (Å²) in [5, 5.41) is 7.51. The van der Waals surface area contributed by atoms with E-state index in [1.165, 1.54) is 18.2 Å². The lowest BCUT2D eigenvalue weighted by molar-refractivity contribution is 0.0951. The molecule has 0 bridgehead atoms. The van der Waals surface area contributed by atoms with Crippen LogP contribution in [0.5, 0.6) is 0 Å². The molecule has 152 valence electrons. The molecule has 0 unspecified atom stereocenters. The Hall–Kier alpha value is -1.21. The summed E-state index contributed by atoms with van der Waals surface area (Å²) in [7, 11) is -7.69. The molecule has 0 radical (unpaired) electrons. The third-order valence-electron chi connectivity index (χ3n) is 3.80. The molecule has 0 aliphatic heterocycles. The minimum absolute atomic E-state index is 0.00993. The number of carbonyl (C=O) groups is 1. The van der Waals surface area contributed by atoms with E-state index in [-0.39, 0.29) is 37.3 Å². The van der Waals surface area contributed by atoms with Crippen molar-refractivity contribution in [2.24, 2.45) is 5.14 Å². The molecule has 1 aromatic carbocycles. The van der Waals surface area contributed by atoms with Crippen molar-refractivity contribution in [2.75, 3.05) is 0 Å². The molecular formula is C15H15Cl2N3O5S3. The fourth-order valence-corrected chi connectivity index (χ4v) is 6.14. The number of carbonyl (C=O) groups excluding carboxylic acids is 1. The van der Waals surface area contributed by atoms with E-state index in [2.05, 4.69) is 10.0 Å². The van der Waals surface area contributed by atoms with Crippen LogP contribution in [0.25, 0.3) is 0 Å². The lowest BCUT2D eigenvalue weighted by Crippen LogP contribution is -2.27. The number of nitrogens with one attached hydrogen (secondary N) is 2. The molecule has 1 amide bonds. The third kappa shape index (κ3) is 5.03. The smallest absolute Gasteiger partial charge is 0.253 e. The van der Waals surface area contributed by atoms with Gasteiger partial charge in [0.2, 0.25) is 20.0 Å². The van der Waals surface area contributed by atoms with E-state index >= 15 is 0 Å². The van der Waals surface area contributed by atoms with E-state index in [1.54, 1.807) is 0 Å². The number of nitrogens with two attached hydrogens (primary N) is 1. The van der Waals surface area contributed by atoms with Crippen molar-refractivity contribution in [2.45, 2.75) is 34.5 Å². The van der Waals surface area contributed by atoms with Crippen LogP contribution < -0.4 is 15.2 Å². The Morgan fingerprint density at radius 2 is 1.82 bits per heavy atom. The SMILES string of the molecule is NS(=O)(=O)c1ccc(CNC(=O)c2cc(S(=O)(=O)NC3CC3)c(Cl)cc2Cl)s1. The average molecular weight is 484 g/mol. The highest BCUT2D eigenvalue weighted by Crippen LogP contribution is 2.31. The molecular weight excluding hydrogens is 469 g/mol. The number of benzene rings is 1. The normalized spacial score (nSPS) is 14.8. The summed E-state index contributed by atoms with van der Waals surface area (Å²) >= 11 is 13.0. The summed E-state index contributed by atoms with van der Waals surface area (Å²) in [5.74, 6) is -0.630. The number of halogens is 2. The first-order chi connectivity index (χ1) is 13.0. The van der Waals surface area contributed by atoms with E-state index in [9.17, 15) is 21.6 Å². The van der Waals surface area contributed by atoms with Crippen LogP contribution in [0.15, 0.2) is 33.4 Å². The first-order valence-corrected chi connectivity index (χ1v) is 12.5. The van der Waals surface area contributed by atoms with E-state index in [0.29, 0.717) is 4.88 Å². The van der Waals surface area contributed by atoms with Gasteiger partial charge in [-0.1, -0.05) is 23.2 Å². The molecule has 1 aliphatic carbocycles. The summed E-state index contributed by atoms with van der Waals surface area (Å²) in [5.41, 5.74) is -0.0644. The Morgan fingerprint density at radius 1 is 1.14 bits per heavy atom. The van der Waals surface area contributed by atoms with Gasteiger partial charge in [-0.05, 0) is 37.1 Å². The van der Waals surface area contributed by atoms with Gasteiger partial charge in [0, 0.05) is 10.9 Å². The van der Waals surface area contributed by atoms with Crippen molar-refractivity contribution in [1.82, 2.24) is 10.0 Å². The number of amides is 1. The Labute approximate surface area is 176 Å². The third-order valence-corrected chi connectivity index (χ3v) is 8.62. The average Bonchev–Trinajstić information content (AvgIpc) is 3.22. The van der Waals surface area contributed by atoms with Gasteiger partial charge in [-0.2, -0.15) is 0 Å². The number of hydrogen-bond acceptors (Lipinski definition) is 6. The molecule has 0 saturated heterocycles. The van der Waals surface area contributed by atoms with Gasteiger partial charge in [-0.25, -0.2) is 26.7 Å². The Balaban J connectivity index is 1.79. The second-order valence-corrected chi connectivity index (χ2v) is 11.6. The van der Waals surface area contributed by atoms with Crippen LogP contribution in [0.3, 0.4) is 0 Å². The largest absolute Gasteiger partial charge is 0.347 e. The summed E-state index contributed by atoms with van der Waals surface area (Å²) in [6.45, 7) is 0.0143. The molecule has 8 nitrogen and oxygen atoms in total. The van der Waals surface area contributed by atoms with Gasteiger partial charge >= 0.3 is 0 Å². The topological polar surface area (TPSA) is 135 Å². The van der Waals surface area contributed by atoms with Crippen molar-refractivity contribution >= 4 is 60.5 Å². The van der Waals surface area contributed by atoms with E-state index in [0.717, 1.165) is 30.2 Å². The minimum Gasteiger partial charge on any atom is -0.347 e. The maximum absolute atomic E-state index is 12.5. The fraction of sp³-hybridized carbons (Fsp3) is 0.267. The van der Waals surface area contributed by atoms with Crippen LogP contribution in [0.4, 0.5) is 0 Å². The molecule has 1 saturated carbocycles. The molecule has 2 aromatic rings. The Bertz CT molecular complexity index is 1140. The molecule has 1 aromatic heterocycles. The number of sulfonamides is 2. The van der Waals surface area contributed by atoms with E-state index in [4.69, 9.17) is 28.3 Å². The summed E-state index contributed by atoms with van der Waals surface area (Å²) in [4.78, 5) is 12.8. The molecule has 4 N–H and O–H groups in total. The standard InChI is InChI=1S/C15H15Cl2N3O5S3/c16-11-6-12(17)13(28(24,25)20-8-1-2-8)5-10(11)15(21)19-7-9-3-4-14(26-9)27(18,22)23/h3-6,8,20H,1-2,7H2,(H,19,21)(H2,18,22,23). The van der Waals surface area contributed by atoms with Gasteiger partial charge in [-0.3, -0.25) is 4.79 Å². The zero-order valence-electron chi connectivity index (χ0n) is 14.1. The molecule has 1 fully saturated rings. The lowest BCUT2D eigenvalue weighted by atomic mass is 10.2. The molecule has 13 heteroatoms. The number of hydrogen-bond donors (Lipinski definition) is 3. The van der Waals surface area contributed by atoms with E-state index < -0.39 is 26.0 Å². The van der Waals surface area contributed by atoms with Crippen LogP contribution in [0.1, 0.15) is 28.1 Å². The van der Waals surface area contributed by atoms with Crippen molar-refractivity contribution in [3.8, 4) is 0 Å². The van der Waals surface area contributed by atoms with Gasteiger partial charge in [0.25, 0.3) is 5.91 Å². The van der Waals surface area contributed by atoms with Crippen LogP contribution in [-0.2, 0) is 26.6 Å². The van der Waals surface area contributed by atoms with Crippen LogP contribution in [-0.4, -0.2) is 28.8 Å². The molecule has 3 rings (SSSR count). The summed E-state index contributed by atoms with van der Waals surface area (Å²) in [6, 6.07) is 5.05. The number of rotatable bonds is 7. The van der Waals surface area contributed by atoms with Crippen molar-refractivity contribution in [1.29, 1.82) is 0 Å². The predicted molar refractivity (Wildman–Crippen MR) is 107 cm³/mol. The minimum atomic E-state index is -3.88. The van der Waals surface area contributed by atoms with E-state index in [1.807, 2.05) is 0 Å². The van der Waals surface area contributed by atoms with Gasteiger partial charge in [0.1, 0.15) is 9.10 Å². The highest BCUT2D eigenvalue weighted by atomic mass is 35.5. The number of thiophene rings is 1. The molecule has 28 heavy (non-hydrogen) atoms. The second-order valence-electron chi connectivity index (χ2n) is 6.11. The molecule has 0 atom stereocenters.